The molecule has 0 unspecified atom stereocenters. The zero-order valence-corrected chi connectivity index (χ0v) is 8.15. The van der Waals surface area contributed by atoms with Crippen molar-refractivity contribution < 1.29 is 0 Å². The van der Waals surface area contributed by atoms with Gasteiger partial charge in [-0.25, -0.2) is 9.97 Å². The van der Waals surface area contributed by atoms with Crippen molar-refractivity contribution in [3.8, 4) is 0 Å². The minimum Gasteiger partial charge on any atom is -0.284 e. The molecule has 0 N–H and O–H groups in total. The van der Waals surface area contributed by atoms with Crippen molar-refractivity contribution in [2.75, 3.05) is 0 Å². The van der Waals surface area contributed by atoms with Gasteiger partial charge in [-0.2, -0.15) is 0 Å². The number of pyridine rings is 2. The Kier molecular flexibility index (Phi) is 1.75. The van der Waals surface area contributed by atoms with E-state index in [0.29, 0.717) is 16.9 Å². The average molecular weight is 210 g/mol. The van der Waals surface area contributed by atoms with E-state index < -0.39 is 0 Å². The van der Waals surface area contributed by atoms with E-state index in [1.807, 2.05) is 28.8 Å². The quantitative estimate of drug-likeness (QED) is 0.351. The molecule has 0 fully saturated rings. The Labute approximate surface area is 89.8 Å². The van der Waals surface area contributed by atoms with E-state index in [9.17, 15) is 0 Å². The molecule has 3 aromatic rings. The highest BCUT2D eigenvalue weighted by atomic mass is 15.2. The molecular formula is C10H6N6. The maximum Gasteiger partial charge on any atom is 0.164 e. The van der Waals surface area contributed by atoms with Gasteiger partial charge in [0.1, 0.15) is 11.2 Å². The smallest absolute Gasteiger partial charge is 0.164 e. The van der Waals surface area contributed by atoms with Gasteiger partial charge >= 0.3 is 0 Å². The lowest BCUT2D eigenvalue weighted by Crippen LogP contribution is -1.83. The van der Waals surface area contributed by atoms with Gasteiger partial charge in [0, 0.05) is 17.3 Å². The van der Waals surface area contributed by atoms with E-state index in [0.717, 1.165) is 5.65 Å². The summed E-state index contributed by atoms with van der Waals surface area (Å²) in [7, 11) is 0. The van der Waals surface area contributed by atoms with Gasteiger partial charge in [0.15, 0.2) is 5.65 Å². The summed E-state index contributed by atoms with van der Waals surface area (Å²) in [5.74, 6) is 0. The maximum absolute atomic E-state index is 8.46. The fourth-order valence-electron chi connectivity index (χ4n) is 1.66. The van der Waals surface area contributed by atoms with Crippen LogP contribution in [0.4, 0.5) is 5.69 Å². The molecule has 3 heterocycles. The van der Waals surface area contributed by atoms with Crippen molar-refractivity contribution in [2.45, 2.75) is 0 Å². The van der Waals surface area contributed by atoms with Gasteiger partial charge < -0.3 is 0 Å². The van der Waals surface area contributed by atoms with Crippen LogP contribution in [0.2, 0.25) is 0 Å². The van der Waals surface area contributed by atoms with Gasteiger partial charge in [-0.15, -0.1) is 0 Å². The zero-order chi connectivity index (χ0) is 11.0. The molecule has 0 amide bonds. The summed E-state index contributed by atoms with van der Waals surface area (Å²) >= 11 is 0. The third-order valence-electron chi connectivity index (χ3n) is 2.33. The van der Waals surface area contributed by atoms with Gasteiger partial charge in [0.25, 0.3) is 0 Å². The molecule has 3 rings (SSSR count). The maximum atomic E-state index is 8.46. The van der Waals surface area contributed by atoms with E-state index >= 15 is 0 Å². The molecule has 0 saturated heterocycles. The largest absolute Gasteiger partial charge is 0.284 e. The molecule has 0 aliphatic heterocycles. The number of hydrogen-bond donors (Lipinski definition) is 0. The highest BCUT2D eigenvalue weighted by Gasteiger charge is 2.07. The summed E-state index contributed by atoms with van der Waals surface area (Å²) in [5, 5.41) is 3.59. The molecule has 6 nitrogen and oxygen atoms in total. The summed E-state index contributed by atoms with van der Waals surface area (Å²) in [6.07, 6.45) is 3.48. The van der Waals surface area contributed by atoms with E-state index in [1.165, 1.54) is 0 Å². The molecular weight excluding hydrogens is 204 g/mol. The number of azide groups is 1. The Hall–Kier alpha value is -2.59. The van der Waals surface area contributed by atoms with Crippen molar-refractivity contribution in [3.63, 3.8) is 0 Å². The molecule has 0 radical (unpaired) electrons. The normalized spacial score (nSPS) is 10.5. The molecule has 0 atom stereocenters. The van der Waals surface area contributed by atoms with Crippen molar-refractivity contribution in [1.29, 1.82) is 0 Å². The van der Waals surface area contributed by atoms with Gasteiger partial charge in [0.05, 0.1) is 5.69 Å². The first-order chi connectivity index (χ1) is 7.90. The number of aromatic nitrogens is 3. The van der Waals surface area contributed by atoms with Crippen LogP contribution >= 0.6 is 0 Å². The standard InChI is InChI=1S/C10H6N6/c11-15-14-7-4-5-12-10-9(7)13-8-3-1-2-6-16(8)10/h1-6H. The number of imidazole rings is 1. The molecule has 16 heavy (non-hydrogen) atoms. The Balaban J connectivity index is 2.53. The predicted octanol–water partition coefficient (Wildman–Crippen LogP) is 2.82. The number of nitrogens with zero attached hydrogens (tertiary/aromatic N) is 6. The number of fused-ring (bicyclic) bond motifs is 3. The lowest BCUT2D eigenvalue weighted by atomic mass is 10.4. The number of rotatable bonds is 1. The molecule has 3 aromatic heterocycles. The Bertz CT molecular complexity index is 722. The minimum absolute atomic E-state index is 0.496. The molecule has 0 aromatic carbocycles. The van der Waals surface area contributed by atoms with Gasteiger partial charge in [0.2, 0.25) is 0 Å². The fourth-order valence-corrected chi connectivity index (χ4v) is 1.66. The first-order valence-corrected chi connectivity index (χ1v) is 4.67. The van der Waals surface area contributed by atoms with Crippen LogP contribution in [0.15, 0.2) is 41.8 Å². The third kappa shape index (κ3) is 1.11. The fraction of sp³-hybridized carbons (Fsp3) is 0. The highest BCUT2D eigenvalue weighted by molar-refractivity contribution is 5.86. The second-order valence-corrected chi connectivity index (χ2v) is 3.23. The molecule has 6 heteroatoms. The van der Waals surface area contributed by atoms with Crippen molar-refractivity contribution in [3.05, 3.63) is 47.1 Å². The van der Waals surface area contributed by atoms with Crippen LogP contribution < -0.4 is 0 Å². The van der Waals surface area contributed by atoms with E-state index in [2.05, 4.69) is 20.0 Å². The van der Waals surface area contributed by atoms with Crippen molar-refractivity contribution in [1.82, 2.24) is 14.4 Å². The predicted molar refractivity (Wildman–Crippen MR) is 59.3 cm³/mol. The van der Waals surface area contributed by atoms with E-state index in [-0.39, 0.29) is 0 Å². The summed E-state index contributed by atoms with van der Waals surface area (Å²) in [6.45, 7) is 0. The van der Waals surface area contributed by atoms with Crippen LogP contribution in [0.3, 0.4) is 0 Å². The highest BCUT2D eigenvalue weighted by Crippen LogP contribution is 2.24. The monoisotopic (exact) mass is 210 g/mol. The van der Waals surface area contributed by atoms with Gasteiger partial charge in [-0.05, 0) is 23.7 Å². The van der Waals surface area contributed by atoms with Crippen LogP contribution in [-0.2, 0) is 0 Å². The summed E-state index contributed by atoms with van der Waals surface area (Å²) < 4.78 is 1.85. The molecule has 0 saturated carbocycles. The van der Waals surface area contributed by atoms with Gasteiger partial charge in [-0.3, -0.25) is 4.40 Å². The zero-order valence-electron chi connectivity index (χ0n) is 8.15. The van der Waals surface area contributed by atoms with Crippen LogP contribution in [-0.4, -0.2) is 14.4 Å². The first-order valence-electron chi connectivity index (χ1n) is 4.67. The topological polar surface area (TPSA) is 79.0 Å². The SMILES string of the molecule is [N-]=[N+]=Nc1ccnc2c1nc1ccccn12. The van der Waals surface area contributed by atoms with Crippen LogP contribution in [0, 0.1) is 0 Å². The first kappa shape index (κ1) is 8.70. The Morgan fingerprint density at radius 2 is 2.25 bits per heavy atom. The third-order valence-corrected chi connectivity index (χ3v) is 2.33. The van der Waals surface area contributed by atoms with Gasteiger partial charge in [-0.1, -0.05) is 11.2 Å². The lowest BCUT2D eigenvalue weighted by Gasteiger charge is -1.93. The lowest BCUT2D eigenvalue weighted by molar-refractivity contribution is 1.18. The van der Waals surface area contributed by atoms with E-state index in [1.54, 1.807) is 12.3 Å². The van der Waals surface area contributed by atoms with Crippen LogP contribution in [0.1, 0.15) is 0 Å². The summed E-state index contributed by atoms with van der Waals surface area (Å²) in [4.78, 5) is 11.4. The van der Waals surface area contributed by atoms with Crippen molar-refractivity contribution in [2.24, 2.45) is 5.11 Å². The van der Waals surface area contributed by atoms with Crippen molar-refractivity contribution >= 4 is 22.5 Å². The Morgan fingerprint density at radius 1 is 1.31 bits per heavy atom. The van der Waals surface area contributed by atoms with Crippen LogP contribution in [0.5, 0.6) is 0 Å². The number of hydrogen-bond acceptors (Lipinski definition) is 3. The second-order valence-electron chi connectivity index (χ2n) is 3.23. The van der Waals surface area contributed by atoms with Crippen LogP contribution in [0.25, 0.3) is 27.3 Å². The molecule has 0 aliphatic carbocycles. The molecule has 0 spiro atoms. The summed E-state index contributed by atoms with van der Waals surface area (Å²) in [5.41, 5.74) is 11.0. The summed E-state index contributed by atoms with van der Waals surface area (Å²) in [6, 6.07) is 7.32. The second kappa shape index (κ2) is 3.22. The molecule has 76 valence electrons. The molecule has 0 aliphatic rings. The minimum atomic E-state index is 0.496. The average Bonchev–Trinajstić information content (AvgIpc) is 2.69. The Morgan fingerprint density at radius 3 is 3.12 bits per heavy atom. The molecule has 0 bridgehead atoms. The van der Waals surface area contributed by atoms with E-state index in [4.69, 9.17) is 5.53 Å².